The van der Waals surface area contributed by atoms with E-state index in [0.717, 1.165) is 15.9 Å². The number of nitrogens with one attached hydrogen (secondary N) is 1. The van der Waals surface area contributed by atoms with Gasteiger partial charge in [0.25, 0.3) is 5.91 Å². The first-order valence-electron chi connectivity index (χ1n) is 9.98. The molecule has 1 amide bonds. The zero-order chi connectivity index (χ0) is 22.9. The first kappa shape index (κ1) is 22.6. The monoisotopic (exact) mass is 522 g/mol. The zero-order valence-corrected chi connectivity index (χ0v) is 20.1. The fourth-order valence-electron chi connectivity index (χ4n) is 3.35. The highest BCUT2D eigenvalue weighted by Crippen LogP contribution is 2.21. The van der Waals surface area contributed by atoms with Gasteiger partial charge in [-0.3, -0.25) is 9.48 Å². The van der Waals surface area contributed by atoms with Crippen molar-refractivity contribution in [3.05, 3.63) is 58.1 Å². The van der Waals surface area contributed by atoms with Crippen LogP contribution in [0.2, 0.25) is 0 Å². The molecule has 0 unspecified atom stereocenters. The number of hydrogen-bond donors (Lipinski definition) is 1. The third-order valence-corrected chi connectivity index (χ3v) is 8.23. The lowest BCUT2D eigenvalue weighted by molar-refractivity contribution is 0.0730. The maximum atomic E-state index is 12.7. The summed E-state index contributed by atoms with van der Waals surface area (Å²) in [6.45, 7) is 5.67. The molecular weight excluding hydrogens is 500 g/mol. The highest BCUT2D eigenvalue weighted by atomic mass is 79.9. The van der Waals surface area contributed by atoms with Gasteiger partial charge in [-0.15, -0.1) is 0 Å². The third-order valence-electron chi connectivity index (χ3n) is 5.17. The van der Waals surface area contributed by atoms with Gasteiger partial charge in [0, 0.05) is 25.0 Å². The number of hydrogen-bond acceptors (Lipinski definition) is 6. The summed E-state index contributed by atoms with van der Waals surface area (Å²) in [5.74, 6) is -0.387. The van der Waals surface area contributed by atoms with E-state index in [1.54, 1.807) is 33.8 Å². The summed E-state index contributed by atoms with van der Waals surface area (Å²) in [5.41, 5.74) is 2.58. The fourth-order valence-corrected chi connectivity index (χ4v) is 5.04. The smallest absolute Gasteiger partial charge is 0.276 e. The van der Waals surface area contributed by atoms with Gasteiger partial charge in [-0.1, -0.05) is 0 Å². The predicted molar refractivity (Wildman–Crippen MR) is 121 cm³/mol. The summed E-state index contributed by atoms with van der Waals surface area (Å²) >= 11 is 3.50. The molecular formula is C20H23BrN6O4S. The van der Waals surface area contributed by atoms with Crippen molar-refractivity contribution < 1.29 is 17.9 Å². The second kappa shape index (κ2) is 9.14. The summed E-state index contributed by atoms with van der Waals surface area (Å²) in [4.78, 5) is 12.8. The van der Waals surface area contributed by atoms with Crippen molar-refractivity contribution in [3.8, 4) is 0 Å². The normalized spacial score (nSPS) is 15.1. The third kappa shape index (κ3) is 4.63. The van der Waals surface area contributed by atoms with Crippen LogP contribution in [-0.4, -0.2) is 64.5 Å². The summed E-state index contributed by atoms with van der Waals surface area (Å²) in [5, 5.41) is 11.5. The molecule has 1 N–H and O–H groups in total. The fraction of sp³-hybridized carbons (Fsp3) is 0.350. The van der Waals surface area contributed by atoms with Crippen LogP contribution in [0.15, 0.2) is 45.9 Å². The molecule has 1 saturated heterocycles. The van der Waals surface area contributed by atoms with Gasteiger partial charge in [0.15, 0.2) is 5.69 Å². The minimum absolute atomic E-state index is 0.178. The summed E-state index contributed by atoms with van der Waals surface area (Å²) in [6.07, 6.45) is 1.71. The van der Waals surface area contributed by atoms with Crippen molar-refractivity contribution in [2.24, 2.45) is 0 Å². The first-order chi connectivity index (χ1) is 15.3. The van der Waals surface area contributed by atoms with Crippen LogP contribution >= 0.6 is 15.9 Å². The van der Waals surface area contributed by atoms with Gasteiger partial charge < -0.3 is 10.1 Å². The van der Waals surface area contributed by atoms with Crippen molar-refractivity contribution in [1.82, 2.24) is 23.9 Å². The average molecular weight is 523 g/mol. The van der Waals surface area contributed by atoms with Crippen molar-refractivity contribution in [2.45, 2.75) is 25.4 Å². The Morgan fingerprint density at radius 2 is 1.81 bits per heavy atom. The Balaban J connectivity index is 1.41. The number of benzene rings is 1. The molecule has 0 radical (unpaired) electrons. The number of ether oxygens (including phenoxy) is 1. The average Bonchev–Trinajstić information content (AvgIpc) is 3.35. The van der Waals surface area contributed by atoms with E-state index in [1.807, 2.05) is 13.8 Å². The number of carbonyl (C=O) groups is 1. The minimum atomic E-state index is -3.58. The van der Waals surface area contributed by atoms with Gasteiger partial charge >= 0.3 is 0 Å². The molecule has 1 aliphatic rings. The number of rotatable bonds is 6. The maximum absolute atomic E-state index is 12.7. The zero-order valence-electron chi connectivity index (χ0n) is 17.7. The number of amides is 1. The van der Waals surface area contributed by atoms with E-state index < -0.39 is 10.0 Å². The molecule has 0 bridgehead atoms. The molecule has 0 atom stereocenters. The lowest BCUT2D eigenvalue weighted by Crippen LogP contribution is -2.40. The van der Waals surface area contributed by atoms with E-state index in [4.69, 9.17) is 4.74 Å². The topological polar surface area (TPSA) is 111 Å². The molecule has 1 fully saturated rings. The van der Waals surface area contributed by atoms with E-state index in [9.17, 15) is 13.2 Å². The van der Waals surface area contributed by atoms with Crippen LogP contribution in [0.3, 0.4) is 0 Å². The molecule has 0 saturated carbocycles. The largest absolute Gasteiger partial charge is 0.379 e. The van der Waals surface area contributed by atoms with Gasteiger partial charge in [-0.05, 0) is 60.1 Å². The van der Waals surface area contributed by atoms with E-state index in [0.29, 0.717) is 38.7 Å². The van der Waals surface area contributed by atoms with Gasteiger partial charge in [-0.25, -0.2) is 13.1 Å². The van der Waals surface area contributed by atoms with Crippen LogP contribution in [0, 0.1) is 13.8 Å². The molecule has 2 aromatic heterocycles. The Kier molecular flexibility index (Phi) is 6.47. The Labute approximate surface area is 194 Å². The highest BCUT2D eigenvalue weighted by Gasteiger charge is 2.26. The molecule has 3 aromatic rings. The van der Waals surface area contributed by atoms with Gasteiger partial charge in [0.2, 0.25) is 10.0 Å². The number of carbonyl (C=O) groups excluding carboxylic acids is 1. The summed E-state index contributed by atoms with van der Waals surface area (Å²) < 4.78 is 36.4. The molecule has 0 spiro atoms. The lowest BCUT2D eigenvalue weighted by atomic mass is 10.3. The van der Waals surface area contributed by atoms with Crippen molar-refractivity contribution >= 4 is 37.5 Å². The quantitative estimate of drug-likeness (QED) is 0.531. The molecule has 4 rings (SSSR count). The molecule has 3 heterocycles. The second-order valence-electron chi connectivity index (χ2n) is 7.36. The number of anilines is 1. The van der Waals surface area contributed by atoms with Crippen molar-refractivity contribution in [3.63, 3.8) is 0 Å². The summed E-state index contributed by atoms with van der Waals surface area (Å²) in [7, 11) is -3.58. The van der Waals surface area contributed by atoms with Gasteiger partial charge in [0.05, 0.1) is 34.0 Å². The Morgan fingerprint density at radius 1 is 1.12 bits per heavy atom. The van der Waals surface area contributed by atoms with E-state index >= 15 is 0 Å². The second-order valence-corrected chi connectivity index (χ2v) is 10.1. The number of sulfonamides is 1. The first-order valence-corrected chi connectivity index (χ1v) is 12.2. The summed E-state index contributed by atoms with van der Waals surface area (Å²) in [6, 6.07) is 7.72. The van der Waals surface area contributed by atoms with Crippen LogP contribution < -0.4 is 5.32 Å². The number of nitrogens with zero attached hydrogens (tertiary/aromatic N) is 5. The Bertz CT molecular complexity index is 1230. The molecule has 0 aliphatic carbocycles. The minimum Gasteiger partial charge on any atom is -0.379 e. The van der Waals surface area contributed by atoms with Crippen LogP contribution in [0.4, 0.5) is 5.69 Å². The SMILES string of the molecule is Cc1nn(Cn2ccc(C(=O)Nc3ccc(S(=O)(=O)N4CCOCC4)cc3)n2)c(C)c1Br. The predicted octanol–water partition coefficient (Wildman–Crippen LogP) is 2.24. The van der Waals surface area contributed by atoms with E-state index in [-0.39, 0.29) is 16.5 Å². The molecule has 10 nitrogen and oxygen atoms in total. The van der Waals surface area contributed by atoms with Crippen LogP contribution in [-0.2, 0) is 21.4 Å². The van der Waals surface area contributed by atoms with Crippen molar-refractivity contribution in [1.29, 1.82) is 0 Å². The molecule has 12 heteroatoms. The van der Waals surface area contributed by atoms with Gasteiger partial charge in [-0.2, -0.15) is 14.5 Å². The Hall–Kier alpha value is -2.54. The maximum Gasteiger partial charge on any atom is 0.276 e. The van der Waals surface area contributed by atoms with Crippen LogP contribution in [0.25, 0.3) is 0 Å². The lowest BCUT2D eigenvalue weighted by Gasteiger charge is -2.26. The van der Waals surface area contributed by atoms with Crippen LogP contribution in [0.1, 0.15) is 21.9 Å². The molecule has 170 valence electrons. The highest BCUT2D eigenvalue weighted by molar-refractivity contribution is 9.10. The number of halogens is 1. The molecule has 1 aromatic carbocycles. The molecule has 1 aliphatic heterocycles. The number of morpholine rings is 1. The van der Waals surface area contributed by atoms with Crippen molar-refractivity contribution in [2.75, 3.05) is 31.6 Å². The molecule has 32 heavy (non-hydrogen) atoms. The van der Waals surface area contributed by atoms with Crippen LogP contribution in [0.5, 0.6) is 0 Å². The van der Waals surface area contributed by atoms with E-state index in [2.05, 4.69) is 31.4 Å². The number of aryl methyl sites for hydroxylation is 1. The van der Waals surface area contributed by atoms with E-state index in [1.165, 1.54) is 16.4 Å². The van der Waals surface area contributed by atoms with Gasteiger partial charge in [0.1, 0.15) is 6.67 Å². The standard InChI is InChI=1S/C20H23BrN6O4S/c1-14-19(21)15(2)27(23-14)13-25-8-7-18(24-25)20(28)22-16-3-5-17(6-4-16)32(29,30)26-9-11-31-12-10-26/h3-8H,9-13H2,1-2H3,(H,22,28). The number of aromatic nitrogens is 4. The Morgan fingerprint density at radius 3 is 2.44 bits per heavy atom.